The molecule has 1 aromatic rings. The lowest BCUT2D eigenvalue weighted by atomic mass is 10.1. The molecule has 2 rings (SSSR count). The van der Waals surface area contributed by atoms with Crippen LogP contribution in [0.2, 0.25) is 5.02 Å². The highest BCUT2D eigenvalue weighted by atomic mass is 35.5. The van der Waals surface area contributed by atoms with Crippen molar-refractivity contribution in [2.24, 2.45) is 5.92 Å². The van der Waals surface area contributed by atoms with Gasteiger partial charge in [0.25, 0.3) is 0 Å². The SMILES string of the molecule is O=S(=O)(Cc1ccc(F)c(Cl)c1)N[C@@H]1C=C[C@H](CO)C1. The summed E-state index contributed by atoms with van der Waals surface area (Å²) in [7, 11) is -3.54. The highest BCUT2D eigenvalue weighted by Gasteiger charge is 2.23. The molecule has 2 atom stereocenters. The fraction of sp³-hybridized carbons (Fsp3) is 0.385. The smallest absolute Gasteiger partial charge is 0.216 e. The van der Waals surface area contributed by atoms with Gasteiger partial charge in [-0.3, -0.25) is 0 Å². The highest BCUT2D eigenvalue weighted by Crippen LogP contribution is 2.20. The van der Waals surface area contributed by atoms with E-state index in [2.05, 4.69) is 4.72 Å². The largest absolute Gasteiger partial charge is 0.396 e. The first kappa shape index (κ1) is 15.4. The van der Waals surface area contributed by atoms with Crippen molar-refractivity contribution in [3.8, 4) is 0 Å². The van der Waals surface area contributed by atoms with E-state index in [9.17, 15) is 12.8 Å². The van der Waals surface area contributed by atoms with Crippen LogP contribution in [0.4, 0.5) is 4.39 Å². The normalized spacial score (nSPS) is 22.4. The van der Waals surface area contributed by atoms with E-state index in [4.69, 9.17) is 16.7 Å². The monoisotopic (exact) mass is 319 g/mol. The molecule has 0 radical (unpaired) electrons. The Morgan fingerprint density at radius 2 is 2.15 bits per heavy atom. The van der Waals surface area contributed by atoms with E-state index < -0.39 is 15.8 Å². The van der Waals surface area contributed by atoms with Gasteiger partial charge >= 0.3 is 0 Å². The molecule has 4 nitrogen and oxygen atoms in total. The zero-order valence-electron chi connectivity index (χ0n) is 10.6. The summed E-state index contributed by atoms with van der Waals surface area (Å²) in [4.78, 5) is 0. The first-order valence-corrected chi connectivity index (χ1v) is 8.16. The molecule has 0 amide bonds. The van der Waals surface area contributed by atoms with Crippen molar-refractivity contribution >= 4 is 21.6 Å². The number of hydrogen-bond donors (Lipinski definition) is 2. The molecule has 0 saturated carbocycles. The molecule has 7 heteroatoms. The molecule has 110 valence electrons. The van der Waals surface area contributed by atoms with Gasteiger partial charge in [0.05, 0.1) is 10.8 Å². The van der Waals surface area contributed by atoms with Gasteiger partial charge in [0.1, 0.15) is 5.82 Å². The minimum absolute atomic E-state index is 0.00228. The summed E-state index contributed by atoms with van der Waals surface area (Å²) < 4.78 is 39.6. The van der Waals surface area contributed by atoms with Crippen molar-refractivity contribution < 1.29 is 17.9 Å². The lowest BCUT2D eigenvalue weighted by molar-refractivity contribution is 0.248. The molecule has 0 bridgehead atoms. The minimum Gasteiger partial charge on any atom is -0.396 e. The average Bonchev–Trinajstić information content (AvgIpc) is 2.80. The summed E-state index contributed by atoms with van der Waals surface area (Å²) in [6, 6.07) is 3.52. The van der Waals surface area contributed by atoms with Crippen molar-refractivity contribution in [1.82, 2.24) is 4.72 Å². The maximum atomic E-state index is 13.0. The van der Waals surface area contributed by atoms with Crippen LogP contribution in [0.25, 0.3) is 0 Å². The van der Waals surface area contributed by atoms with E-state index in [0.717, 1.165) is 6.07 Å². The predicted molar refractivity (Wildman–Crippen MR) is 75.3 cm³/mol. The Morgan fingerprint density at radius 1 is 1.40 bits per heavy atom. The topological polar surface area (TPSA) is 66.4 Å². The Kier molecular flexibility index (Phi) is 4.80. The zero-order chi connectivity index (χ0) is 14.8. The van der Waals surface area contributed by atoms with Crippen molar-refractivity contribution in [2.45, 2.75) is 18.2 Å². The van der Waals surface area contributed by atoms with Gasteiger partial charge in [0.15, 0.2) is 0 Å². The second kappa shape index (κ2) is 6.22. The molecule has 2 N–H and O–H groups in total. The molecule has 0 unspecified atom stereocenters. The number of nitrogens with one attached hydrogen (secondary N) is 1. The molecule has 1 aliphatic carbocycles. The second-order valence-electron chi connectivity index (χ2n) is 4.80. The first-order valence-electron chi connectivity index (χ1n) is 6.13. The molecule has 0 heterocycles. The number of aliphatic hydroxyl groups excluding tert-OH is 1. The van der Waals surface area contributed by atoms with Gasteiger partial charge in [-0.15, -0.1) is 0 Å². The fourth-order valence-corrected chi connectivity index (χ4v) is 3.66. The lowest BCUT2D eigenvalue weighted by Gasteiger charge is -2.13. The maximum absolute atomic E-state index is 13.0. The van der Waals surface area contributed by atoms with Gasteiger partial charge < -0.3 is 5.11 Å². The van der Waals surface area contributed by atoms with E-state index in [0.29, 0.717) is 12.0 Å². The molecule has 0 aliphatic heterocycles. The number of hydrogen-bond acceptors (Lipinski definition) is 3. The van der Waals surface area contributed by atoms with Crippen LogP contribution in [0.3, 0.4) is 0 Å². The van der Waals surface area contributed by atoms with Gasteiger partial charge in [-0.1, -0.05) is 29.8 Å². The van der Waals surface area contributed by atoms with Crippen LogP contribution in [0.5, 0.6) is 0 Å². The number of rotatable bonds is 5. The van der Waals surface area contributed by atoms with E-state index in [1.807, 2.05) is 0 Å². The van der Waals surface area contributed by atoms with E-state index in [1.54, 1.807) is 12.2 Å². The van der Waals surface area contributed by atoms with Crippen LogP contribution < -0.4 is 4.72 Å². The summed E-state index contributed by atoms with van der Waals surface area (Å²) in [5, 5.41) is 8.90. The highest BCUT2D eigenvalue weighted by molar-refractivity contribution is 7.88. The minimum atomic E-state index is -3.54. The Bertz CT molecular complexity index is 618. The number of halogens is 2. The summed E-state index contributed by atoms with van der Waals surface area (Å²) in [5.74, 6) is -0.852. The van der Waals surface area contributed by atoms with Crippen molar-refractivity contribution in [1.29, 1.82) is 0 Å². The van der Waals surface area contributed by atoms with Gasteiger partial charge in [0.2, 0.25) is 10.0 Å². The predicted octanol–water partition coefficient (Wildman–Crippen LogP) is 1.84. The quantitative estimate of drug-likeness (QED) is 0.814. The molecule has 0 fully saturated rings. The molecule has 0 saturated heterocycles. The number of aliphatic hydroxyl groups is 1. The molecule has 1 aliphatic rings. The van der Waals surface area contributed by atoms with Crippen LogP contribution in [0, 0.1) is 11.7 Å². The third-order valence-corrected chi connectivity index (χ3v) is 4.74. The van der Waals surface area contributed by atoms with Gasteiger partial charge in [-0.25, -0.2) is 17.5 Å². The maximum Gasteiger partial charge on any atom is 0.216 e. The summed E-state index contributed by atoms with van der Waals surface area (Å²) in [5.41, 5.74) is 0.421. The van der Waals surface area contributed by atoms with Crippen molar-refractivity contribution in [3.05, 3.63) is 46.8 Å². The Balaban J connectivity index is 2.01. The standard InChI is InChI=1S/C13H15ClFNO3S/c14-12-6-10(2-4-13(12)15)8-20(18,19)16-11-3-1-9(5-11)7-17/h1-4,6,9,11,16-17H,5,7-8H2/t9-,11+/m0/s1. The van der Waals surface area contributed by atoms with Crippen LogP contribution in [0.1, 0.15) is 12.0 Å². The summed E-state index contributed by atoms with van der Waals surface area (Å²) in [6.45, 7) is 0.00228. The van der Waals surface area contributed by atoms with E-state index in [-0.39, 0.29) is 29.3 Å². The third kappa shape index (κ3) is 4.02. The number of sulfonamides is 1. The van der Waals surface area contributed by atoms with Gasteiger partial charge in [0, 0.05) is 18.6 Å². The van der Waals surface area contributed by atoms with Crippen molar-refractivity contribution in [2.75, 3.05) is 6.61 Å². The van der Waals surface area contributed by atoms with Gasteiger partial charge in [-0.05, 0) is 24.1 Å². The second-order valence-corrected chi connectivity index (χ2v) is 6.96. The first-order chi connectivity index (χ1) is 9.39. The Labute approximate surface area is 122 Å². The average molecular weight is 320 g/mol. The van der Waals surface area contributed by atoms with Crippen LogP contribution in [0.15, 0.2) is 30.4 Å². The molecule has 0 spiro atoms. The van der Waals surface area contributed by atoms with E-state index in [1.165, 1.54) is 12.1 Å². The lowest BCUT2D eigenvalue weighted by Crippen LogP contribution is -2.33. The molecule has 20 heavy (non-hydrogen) atoms. The number of benzene rings is 1. The Hall–Kier alpha value is -0.950. The third-order valence-electron chi connectivity index (χ3n) is 3.08. The van der Waals surface area contributed by atoms with Gasteiger partial charge in [-0.2, -0.15) is 0 Å². The molecular formula is C13H15ClFNO3S. The Morgan fingerprint density at radius 3 is 2.75 bits per heavy atom. The van der Waals surface area contributed by atoms with Crippen LogP contribution in [-0.4, -0.2) is 26.2 Å². The fourth-order valence-electron chi connectivity index (χ4n) is 2.12. The zero-order valence-corrected chi connectivity index (χ0v) is 12.2. The summed E-state index contributed by atoms with van der Waals surface area (Å²) >= 11 is 5.62. The van der Waals surface area contributed by atoms with E-state index >= 15 is 0 Å². The van der Waals surface area contributed by atoms with Crippen LogP contribution >= 0.6 is 11.6 Å². The molecular weight excluding hydrogens is 305 g/mol. The summed E-state index contributed by atoms with van der Waals surface area (Å²) in [6.07, 6.45) is 4.07. The van der Waals surface area contributed by atoms with Crippen LogP contribution in [-0.2, 0) is 15.8 Å². The van der Waals surface area contributed by atoms with Crippen molar-refractivity contribution in [3.63, 3.8) is 0 Å². The molecule has 0 aromatic heterocycles. The molecule has 1 aromatic carbocycles.